The minimum absolute atomic E-state index is 0.0132. The van der Waals surface area contributed by atoms with E-state index in [0.29, 0.717) is 5.69 Å². The van der Waals surface area contributed by atoms with Gasteiger partial charge in [-0.3, -0.25) is 9.89 Å². The summed E-state index contributed by atoms with van der Waals surface area (Å²) in [6.07, 6.45) is 0. The molecule has 0 fully saturated rings. The number of nitrogen functional groups attached to an aromatic ring is 1. The standard InChI is InChI=1S/C12H8N8O/c13-6-8-10(14)20-11(18-16-8)9(12(21)19-20)17-15-7-4-2-1-3-5-7/h1-5H,14H2,(H,19,21). The Kier molecular flexibility index (Phi) is 2.89. The fourth-order valence-electron chi connectivity index (χ4n) is 1.71. The summed E-state index contributed by atoms with van der Waals surface area (Å²) in [5.74, 6) is -0.0132. The fraction of sp³-hybridized carbons (Fsp3) is 0. The fourth-order valence-corrected chi connectivity index (χ4v) is 1.71. The van der Waals surface area contributed by atoms with Gasteiger partial charge in [-0.2, -0.15) is 10.4 Å². The molecule has 0 saturated carbocycles. The van der Waals surface area contributed by atoms with Crippen LogP contribution in [0.3, 0.4) is 0 Å². The minimum atomic E-state index is -0.522. The van der Waals surface area contributed by atoms with Crippen molar-refractivity contribution in [2.75, 3.05) is 5.73 Å². The number of hydrogen-bond acceptors (Lipinski definition) is 7. The molecule has 2 heterocycles. The summed E-state index contributed by atoms with van der Waals surface area (Å²) in [7, 11) is 0. The highest BCUT2D eigenvalue weighted by molar-refractivity contribution is 5.65. The van der Waals surface area contributed by atoms with Crippen LogP contribution in [0.25, 0.3) is 5.65 Å². The van der Waals surface area contributed by atoms with Gasteiger partial charge in [0.25, 0.3) is 5.56 Å². The number of anilines is 1. The van der Waals surface area contributed by atoms with Crippen molar-refractivity contribution in [2.45, 2.75) is 0 Å². The summed E-state index contributed by atoms with van der Waals surface area (Å²) in [6, 6.07) is 10.7. The molecule has 1 aromatic carbocycles. The molecule has 0 aliphatic carbocycles. The minimum Gasteiger partial charge on any atom is -0.381 e. The highest BCUT2D eigenvalue weighted by atomic mass is 16.1. The van der Waals surface area contributed by atoms with E-state index in [1.165, 1.54) is 0 Å². The van der Waals surface area contributed by atoms with E-state index >= 15 is 0 Å². The number of azo groups is 1. The van der Waals surface area contributed by atoms with Crippen molar-refractivity contribution in [3.63, 3.8) is 0 Å². The van der Waals surface area contributed by atoms with Gasteiger partial charge in [-0.25, -0.2) is 4.52 Å². The number of rotatable bonds is 2. The van der Waals surface area contributed by atoms with Gasteiger partial charge in [0, 0.05) is 0 Å². The third-order valence-corrected chi connectivity index (χ3v) is 2.71. The van der Waals surface area contributed by atoms with Gasteiger partial charge in [0.2, 0.25) is 11.3 Å². The van der Waals surface area contributed by atoms with Crippen LogP contribution in [0.15, 0.2) is 45.4 Å². The Labute approximate surface area is 117 Å². The van der Waals surface area contributed by atoms with Crippen LogP contribution in [-0.2, 0) is 0 Å². The Hall–Kier alpha value is -3.54. The summed E-state index contributed by atoms with van der Waals surface area (Å²) in [6.45, 7) is 0. The van der Waals surface area contributed by atoms with E-state index in [-0.39, 0.29) is 22.8 Å². The van der Waals surface area contributed by atoms with Crippen molar-refractivity contribution in [3.05, 3.63) is 46.4 Å². The first-order chi connectivity index (χ1) is 10.2. The molecule has 21 heavy (non-hydrogen) atoms. The van der Waals surface area contributed by atoms with Crippen LogP contribution in [0.4, 0.5) is 17.2 Å². The van der Waals surface area contributed by atoms with Crippen molar-refractivity contribution in [1.82, 2.24) is 19.8 Å². The quantitative estimate of drug-likeness (QED) is 0.681. The third-order valence-electron chi connectivity index (χ3n) is 2.71. The number of nitrogens with one attached hydrogen (secondary N) is 1. The van der Waals surface area contributed by atoms with Crippen molar-refractivity contribution >= 4 is 22.8 Å². The molecular formula is C12H8N8O. The number of benzene rings is 1. The number of nitrogens with two attached hydrogens (primary N) is 1. The lowest BCUT2D eigenvalue weighted by Gasteiger charge is -1.98. The Morgan fingerprint density at radius 1 is 1.24 bits per heavy atom. The SMILES string of the molecule is N#Cc1nnc2c(N=Nc3ccccc3)c(=O)[nH]n2c1N. The lowest BCUT2D eigenvalue weighted by atomic mass is 10.3. The predicted molar refractivity (Wildman–Crippen MR) is 73.4 cm³/mol. The molecule has 3 rings (SSSR count). The van der Waals surface area contributed by atoms with E-state index in [1.54, 1.807) is 30.3 Å². The molecule has 9 nitrogen and oxygen atoms in total. The van der Waals surface area contributed by atoms with Crippen LogP contribution in [0.5, 0.6) is 0 Å². The predicted octanol–water partition coefficient (Wildman–Crippen LogP) is 1.29. The number of nitriles is 1. The van der Waals surface area contributed by atoms with Crippen molar-refractivity contribution < 1.29 is 0 Å². The van der Waals surface area contributed by atoms with Crippen LogP contribution in [0.1, 0.15) is 5.69 Å². The van der Waals surface area contributed by atoms with E-state index in [4.69, 9.17) is 11.0 Å². The normalized spacial score (nSPS) is 11.0. The van der Waals surface area contributed by atoms with Gasteiger partial charge in [-0.05, 0) is 12.1 Å². The van der Waals surface area contributed by atoms with E-state index in [1.807, 2.05) is 6.07 Å². The smallest absolute Gasteiger partial charge is 0.294 e. The van der Waals surface area contributed by atoms with E-state index in [0.717, 1.165) is 4.52 Å². The summed E-state index contributed by atoms with van der Waals surface area (Å²) in [5, 5.41) is 26.5. The van der Waals surface area contributed by atoms with Gasteiger partial charge in [-0.1, -0.05) is 18.2 Å². The van der Waals surface area contributed by atoms with Gasteiger partial charge in [-0.15, -0.1) is 15.3 Å². The molecule has 9 heteroatoms. The average Bonchev–Trinajstić information content (AvgIpc) is 2.83. The van der Waals surface area contributed by atoms with Gasteiger partial charge in [0.1, 0.15) is 6.07 Å². The highest BCUT2D eigenvalue weighted by Crippen LogP contribution is 2.19. The van der Waals surface area contributed by atoms with E-state index in [9.17, 15) is 4.79 Å². The van der Waals surface area contributed by atoms with Crippen molar-refractivity contribution in [3.8, 4) is 6.07 Å². The number of nitrogens with zero attached hydrogens (tertiary/aromatic N) is 6. The summed E-state index contributed by atoms with van der Waals surface area (Å²) >= 11 is 0. The molecule has 0 unspecified atom stereocenters. The Morgan fingerprint density at radius 3 is 2.71 bits per heavy atom. The maximum atomic E-state index is 11.9. The second-order valence-corrected chi connectivity index (χ2v) is 4.03. The zero-order chi connectivity index (χ0) is 14.8. The van der Waals surface area contributed by atoms with Crippen LogP contribution in [-0.4, -0.2) is 19.8 Å². The summed E-state index contributed by atoms with van der Waals surface area (Å²) in [5.41, 5.74) is 5.78. The molecule has 0 aliphatic rings. The zero-order valence-electron chi connectivity index (χ0n) is 10.6. The van der Waals surface area contributed by atoms with Gasteiger partial charge >= 0.3 is 0 Å². The first-order valence-corrected chi connectivity index (χ1v) is 5.84. The molecule has 0 aliphatic heterocycles. The molecule has 2 aromatic heterocycles. The molecule has 102 valence electrons. The van der Waals surface area contributed by atoms with Crippen LogP contribution >= 0.6 is 0 Å². The second-order valence-electron chi connectivity index (χ2n) is 4.03. The second kappa shape index (κ2) is 4.86. The number of aromatic amines is 1. The highest BCUT2D eigenvalue weighted by Gasteiger charge is 2.15. The third kappa shape index (κ3) is 2.10. The van der Waals surface area contributed by atoms with Crippen LogP contribution < -0.4 is 11.3 Å². The van der Waals surface area contributed by atoms with Crippen LogP contribution in [0, 0.1) is 11.3 Å². The van der Waals surface area contributed by atoms with E-state index in [2.05, 4.69) is 25.5 Å². The largest absolute Gasteiger partial charge is 0.381 e. The maximum absolute atomic E-state index is 11.9. The maximum Gasteiger partial charge on any atom is 0.294 e. The molecule has 0 saturated heterocycles. The first kappa shape index (κ1) is 12.5. The van der Waals surface area contributed by atoms with Crippen molar-refractivity contribution in [1.29, 1.82) is 5.26 Å². The van der Waals surface area contributed by atoms with E-state index < -0.39 is 5.56 Å². The Bertz CT molecular complexity index is 932. The Balaban J connectivity index is 2.14. The lowest BCUT2D eigenvalue weighted by molar-refractivity contribution is 0.881. The summed E-state index contributed by atoms with van der Waals surface area (Å²) in [4.78, 5) is 11.9. The topological polar surface area (TPSA) is 138 Å². The lowest BCUT2D eigenvalue weighted by Crippen LogP contribution is -2.07. The van der Waals surface area contributed by atoms with Gasteiger partial charge in [0.15, 0.2) is 11.5 Å². The van der Waals surface area contributed by atoms with Crippen LogP contribution in [0.2, 0.25) is 0 Å². The molecular weight excluding hydrogens is 272 g/mol. The van der Waals surface area contributed by atoms with Gasteiger partial charge < -0.3 is 5.73 Å². The molecule has 0 amide bonds. The molecule has 0 atom stereocenters. The number of fused-ring (bicyclic) bond motifs is 1. The number of hydrogen-bond donors (Lipinski definition) is 2. The van der Waals surface area contributed by atoms with Crippen molar-refractivity contribution in [2.24, 2.45) is 10.2 Å². The average molecular weight is 280 g/mol. The molecule has 3 N–H and O–H groups in total. The first-order valence-electron chi connectivity index (χ1n) is 5.84. The molecule has 0 radical (unpaired) electrons. The summed E-state index contributed by atoms with van der Waals surface area (Å²) < 4.78 is 1.16. The van der Waals surface area contributed by atoms with Gasteiger partial charge in [0.05, 0.1) is 5.69 Å². The Morgan fingerprint density at radius 2 is 2.00 bits per heavy atom. The molecule has 0 spiro atoms. The number of aromatic nitrogens is 4. The molecule has 0 bridgehead atoms. The molecule has 3 aromatic rings. The number of H-pyrrole nitrogens is 1. The zero-order valence-corrected chi connectivity index (χ0v) is 10.6. The monoisotopic (exact) mass is 280 g/mol.